The number of nitrogens with two attached hydrogens (primary N) is 1. The highest BCUT2D eigenvalue weighted by atomic mass is 16.6. The van der Waals surface area contributed by atoms with E-state index in [9.17, 15) is 24.9 Å². The maximum Gasteiger partial charge on any atom is 0.408 e. The van der Waals surface area contributed by atoms with Crippen molar-refractivity contribution in [2.75, 3.05) is 13.2 Å². The fourth-order valence-electron chi connectivity index (χ4n) is 2.73. The average Bonchev–Trinajstić information content (AvgIpc) is 2.59. The fraction of sp³-hybridized carbons (Fsp3) is 0.882. The Kier molecular flexibility index (Phi) is 9.54. The molecule has 28 heavy (non-hydrogen) atoms. The molecule has 0 radical (unpaired) electrons. The Balaban J connectivity index is 2.80. The Morgan fingerprint density at radius 1 is 1.18 bits per heavy atom. The van der Waals surface area contributed by atoms with Gasteiger partial charge in [-0.25, -0.2) is 4.79 Å². The third-order valence-electron chi connectivity index (χ3n) is 4.16. The molecule has 2 unspecified atom stereocenters. The number of unbranched alkanes of at least 4 members (excludes halogenated alkanes) is 1. The van der Waals surface area contributed by atoms with Crippen LogP contribution in [0.4, 0.5) is 4.79 Å². The summed E-state index contributed by atoms with van der Waals surface area (Å²) in [6.07, 6.45) is -5.26. The minimum absolute atomic E-state index is 0.254. The lowest BCUT2D eigenvalue weighted by molar-refractivity contribution is -0.254. The maximum absolute atomic E-state index is 12.6. The second-order valence-electron chi connectivity index (χ2n) is 7.75. The largest absolute Gasteiger partial charge is 0.444 e. The van der Waals surface area contributed by atoms with Crippen molar-refractivity contribution in [1.29, 1.82) is 0 Å². The summed E-state index contributed by atoms with van der Waals surface area (Å²) in [4.78, 5) is 24.7. The van der Waals surface area contributed by atoms with Crippen LogP contribution in [0.5, 0.6) is 0 Å². The molecule has 0 aromatic rings. The van der Waals surface area contributed by atoms with Gasteiger partial charge in [-0.2, -0.15) is 0 Å². The molecule has 11 nitrogen and oxygen atoms in total. The van der Waals surface area contributed by atoms with Gasteiger partial charge in [-0.3, -0.25) is 4.79 Å². The first kappa shape index (κ1) is 24.5. The molecule has 2 amide bonds. The number of aliphatic hydroxyl groups is 4. The predicted octanol–water partition coefficient (Wildman–Crippen LogP) is -2.08. The molecule has 1 aliphatic heterocycles. The number of hydrogen-bond donors (Lipinski definition) is 7. The lowest BCUT2D eigenvalue weighted by Gasteiger charge is -2.40. The van der Waals surface area contributed by atoms with Crippen LogP contribution in [-0.2, 0) is 14.3 Å². The molecular formula is C17H33N3O8. The van der Waals surface area contributed by atoms with Crippen LogP contribution < -0.4 is 16.4 Å². The van der Waals surface area contributed by atoms with Gasteiger partial charge in [0.15, 0.2) is 6.29 Å². The first-order valence-corrected chi connectivity index (χ1v) is 9.30. The summed E-state index contributed by atoms with van der Waals surface area (Å²) in [7, 11) is 0. The molecule has 8 N–H and O–H groups in total. The minimum atomic E-state index is -1.65. The van der Waals surface area contributed by atoms with Gasteiger partial charge in [-0.1, -0.05) is 0 Å². The van der Waals surface area contributed by atoms with Crippen molar-refractivity contribution in [3.8, 4) is 0 Å². The van der Waals surface area contributed by atoms with Gasteiger partial charge in [-0.15, -0.1) is 0 Å². The van der Waals surface area contributed by atoms with Crippen molar-refractivity contribution < 1.29 is 39.5 Å². The number of carbonyl (C=O) groups is 2. The zero-order chi connectivity index (χ0) is 21.5. The van der Waals surface area contributed by atoms with Crippen LogP contribution in [0.1, 0.15) is 40.0 Å². The Hall–Kier alpha value is -1.50. The van der Waals surface area contributed by atoms with E-state index in [1.165, 1.54) is 0 Å². The highest BCUT2D eigenvalue weighted by Gasteiger charge is 2.44. The number of rotatable bonds is 8. The van der Waals surface area contributed by atoms with E-state index >= 15 is 0 Å². The van der Waals surface area contributed by atoms with E-state index in [1.54, 1.807) is 20.8 Å². The van der Waals surface area contributed by atoms with Crippen LogP contribution in [-0.4, -0.2) is 87.9 Å². The van der Waals surface area contributed by atoms with Gasteiger partial charge in [-0.05, 0) is 46.6 Å². The molecule has 0 spiro atoms. The number of amides is 2. The first-order valence-electron chi connectivity index (χ1n) is 9.30. The topological polar surface area (TPSA) is 184 Å². The number of nitrogens with one attached hydrogen (secondary N) is 2. The zero-order valence-electron chi connectivity index (χ0n) is 16.5. The summed E-state index contributed by atoms with van der Waals surface area (Å²) >= 11 is 0. The van der Waals surface area contributed by atoms with Crippen LogP contribution in [0.25, 0.3) is 0 Å². The van der Waals surface area contributed by atoms with Crippen LogP contribution in [0.15, 0.2) is 0 Å². The van der Waals surface area contributed by atoms with Gasteiger partial charge in [0.25, 0.3) is 0 Å². The highest BCUT2D eigenvalue weighted by molar-refractivity contribution is 5.86. The van der Waals surface area contributed by atoms with Gasteiger partial charge >= 0.3 is 6.09 Å². The quantitative estimate of drug-likeness (QED) is 0.222. The first-order chi connectivity index (χ1) is 13.0. The molecule has 11 heteroatoms. The molecule has 0 saturated carbocycles. The van der Waals surface area contributed by atoms with Gasteiger partial charge in [0, 0.05) is 0 Å². The third kappa shape index (κ3) is 7.49. The second kappa shape index (κ2) is 10.9. The van der Waals surface area contributed by atoms with Crippen LogP contribution >= 0.6 is 0 Å². The predicted molar refractivity (Wildman–Crippen MR) is 98.0 cm³/mol. The number of alkyl carbamates (subject to hydrolysis) is 1. The Morgan fingerprint density at radius 3 is 2.36 bits per heavy atom. The summed E-state index contributed by atoms with van der Waals surface area (Å²) in [6, 6.07) is -2.35. The summed E-state index contributed by atoms with van der Waals surface area (Å²) in [6.45, 7) is 4.85. The van der Waals surface area contributed by atoms with Crippen LogP contribution in [0, 0.1) is 0 Å². The molecule has 1 rings (SSSR count). The second-order valence-corrected chi connectivity index (χ2v) is 7.75. The Bertz CT molecular complexity index is 513. The molecule has 1 fully saturated rings. The van der Waals surface area contributed by atoms with E-state index in [0.29, 0.717) is 19.4 Å². The monoisotopic (exact) mass is 407 g/mol. The summed E-state index contributed by atoms with van der Waals surface area (Å²) in [5.74, 6) is -0.691. The molecule has 164 valence electrons. The zero-order valence-corrected chi connectivity index (χ0v) is 16.5. The normalized spacial score (nSPS) is 29.1. The molecule has 0 bridgehead atoms. The SMILES string of the molecule is CC(C)(C)OC(=O)N[C@@H](CCCCN)C(=O)NC1[C@H](O)OC(CO)[C@@H](O)[C@H]1O. The molecule has 6 atom stereocenters. The van der Waals surface area contributed by atoms with Crippen molar-refractivity contribution in [3.63, 3.8) is 0 Å². The summed E-state index contributed by atoms with van der Waals surface area (Å²) in [5.41, 5.74) is 4.70. The van der Waals surface area contributed by atoms with Crippen LogP contribution in [0.2, 0.25) is 0 Å². The molecule has 0 aromatic carbocycles. The van der Waals surface area contributed by atoms with E-state index in [4.69, 9.17) is 20.3 Å². The summed E-state index contributed by atoms with van der Waals surface area (Å²) < 4.78 is 10.2. The summed E-state index contributed by atoms with van der Waals surface area (Å²) in [5, 5.41) is 44.0. The number of ether oxygens (including phenoxy) is 2. The molecule has 1 saturated heterocycles. The van der Waals surface area contributed by atoms with Crippen molar-refractivity contribution in [2.24, 2.45) is 5.73 Å². The lowest BCUT2D eigenvalue weighted by Crippen LogP contribution is -2.65. The number of aliphatic hydroxyl groups excluding tert-OH is 4. The van der Waals surface area contributed by atoms with Crippen molar-refractivity contribution >= 4 is 12.0 Å². The minimum Gasteiger partial charge on any atom is -0.444 e. The fourth-order valence-corrected chi connectivity index (χ4v) is 2.73. The van der Waals surface area contributed by atoms with Gasteiger partial charge in [0.1, 0.15) is 36.0 Å². The van der Waals surface area contributed by atoms with Crippen molar-refractivity contribution in [3.05, 3.63) is 0 Å². The average molecular weight is 407 g/mol. The molecular weight excluding hydrogens is 374 g/mol. The van der Waals surface area contributed by atoms with Gasteiger partial charge in [0.05, 0.1) is 6.61 Å². The molecule has 1 aliphatic rings. The molecule has 1 heterocycles. The van der Waals surface area contributed by atoms with Gasteiger partial charge in [0.2, 0.25) is 5.91 Å². The lowest BCUT2D eigenvalue weighted by atomic mass is 9.96. The van der Waals surface area contributed by atoms with Crippen LogP contribution in [0.3, 0.4) is 0 Å². The Labute approximate surface area is 164 Å². The van der Waals surface area contributed by atoms with Gasteiger partial charge < -0.3 is 46.3 Å². The standard InChI is InChI=1S/C17H33N3O8/c1-17(2,3)28-16(26)19-9(6-4-5-7-18)14(24)20-11-13(23)12(22)10(8-21)27-15(11)25/h9-13,15,21-23,25H,4-8,18H2,1-3H3,(H,19,26)(H,20,24)/t9-,10?,11?,12+,13-,15+/m0/s1. The molecule has 0 aromatic heterocycles. The Morgan fingerprint density at radius 2 is 1.82 bits per heavy atom. The number of carbonyl (C=O) groups excluding carboxylic acids is 2. The third-order valence-corrected chi connectivity index (χ3v) is 4.16. The van der Waals surface area contributed by atoms with Crippen molar-refractivity contribution in [2.45, 2.75) is 82.3 Å². The van der Waals surface area contributed by atoms with E-state index in [-0.39, 0.29) is 6.42 Å². The van der Waals surface area contributed by atoms with E-state index in [1.807, 2.05) is 0 Å². The highest BCUT2D eigenvalue weighted by Crippen LogP contribution is 2.20. The van der Waals surface area contributed by atoms with E-state index in [2.05, 4.69) is 10.6 Å². The van der Waals surface area contributed by atoms with E-state index in [0.717, 1.165) is 0 Å². The number of hydrogen-bond acceptors (Lipinski definition) is 9. The maximum atomic E-state index is 12.6. The molecule has 0 aliphatic carbocycles. The van der Waals surface area contributed by atoms with Crippen molar-refractivity contribution in [1.82, 2.24) is 10.6 Å². The smallest absolute Gasteiger partial charge is 0.408 e. The van der Waals surface area contributed by atoms with E-state index < -0.39 is 60.9 Å².